The number of fused-ring (bicyclic) bond motifs is 1. The molecular weight excluding hydrogens is 190 g/mol. The van der Waals surface area contributed by atoms with Crippen molar-refractivity contribution in [1.29, 1.82) is 0 Å². The Bertz CT molecular complexity index is 350. The van der Waals surface area contributed by atoms with Crippen molar-refractivity contribution in [3.8, 4) is 5.75 Å². The third-order valence-electron chi connectivity index (χ3n) is 2.31. The van der Waals surface area contributed by atoms with Crippen LogP contribution in [0.3, 0.4) is 0 Å². The van der Waals surface area contributed by atoms with E-state index in [1.54, 1.807) is 0 Å². The second kappa shape index (κ2) is 3.20. The van der Waals surface area contributed by atoms with Crippen LogP contribution in [-0.4, -0.2) is 18.3 Å². The molecule has 2 rings (SSSR count). The fourth-order valence-corrected chi connectivity index (χ4v) is 1.51. The van der Waals surface area contributed by atoms with Gasteiger partial charge in [0.25, 0.3) is 5.92 Å². The zero-order valence-corrected chi connectivity index (χ0v) is 7.46. The Morgan fingerprint density at radius 2 is 2.21 bits per heavy atom. The molecule has 0 unspecified atom stereocenters. The second-order valence-corrected chi connectivity index (χ2v) is 3.28. The number of aliphatic hydroxyl groups is 1. The van der Waals surface area contributed by atoms with E-state index < -0.39 is 12.5 Å². The zero-order chi connectivity index (χ0) is 10.2. The summed E-state index contributed by atoms with van der Waals surface area (Å²) in [4.78, 5) is 0. The minimum absolute atomic E-state index is 0.149. The van der Waals surface area contributed by atoms with Gasteiger partial charge in [0, 0.05) is 12.0 Å². The van der Waals surface area contributed by atoms with Crippen molar-refractivity contribution in [3.63, 3.8) is 0 Å². The summed E-state index contributed by atoms with van der Waals surface area (Å²) in [5.74, 6) is -2.49. The van der Waals surface area contributed by atoms with E-state index in [0.717, 1.165) is 5.56 Å². The molecule has 0 saturated carbocycles. The van der Waals surface area contributed by atoms with Crippen LogP contribution in [0.15, 0.2) is 18.2 Å². The quantitative estimate of drug-likeness (QED) is 0.787. The molecule has 4 heteroatoms. The Balaban J connectivity index is 2.38. The largest absolute Gasteiger partial charge is 0.493 e. The third-order valence-corrected chi connectivity index (χ3v) is 2.31. The molecule has 14 heavy (non-hydrogen) atoms. The molecular formula is C10H10F2O2. The maximum absolute atomic E-state index is 13.1. The van der Waals surface area contributed by atoms with Gasteiger partial charge in [0.05, 0.1) is 6.61 Å². The summed E-state index contributed by atoms with van der Waals surface area (Å²) in [6.45, 7) is -0.615. The van der Waals surface area contributed by atoms with E-state index in [4.69, 9.17) is 9.84 Å². The summed E-state index contributed by atoms with van der Waals surface area (Å²) in [7, 11) is 0. The van der Waals surface area contributed by atoms with Crippen LogP contribution in [0.25, 0.3) is 0 Å². The molecule has 1 aromatic rings. The first-order chi connectivity index (χ1) is 6.63. The van der Waals surface area contributed by atoms with Gasteiger partial charge in [-0.15, -0.1) is 0 Å². The highest BCUT2D eigenvalue weighted by Crippen LogP contribution is 2.33. The normalized spacial score (nSPS) is 15.1. The van der Waals surface area contributed by atoms with Crippen LogP contribution < -0.4 is 4.74 Å². The molecule has 0 saturated heterocycles. The standard InChI is InChI=1S/C10H10F2O2/c11-10(12,6-13)8-1-2-9-7(5-8)3-4-14-9/h1-2,5,13H,3-4,6H2. The molecule has 0 bridgehead atoms. The van der Waals surface area contributed by atoms with Gasteiger partial charge in [0.1, 0.15) is 12.4 Å². The van der Waals surface area contributed by atoms with Crippen molar-refractivity contribution in [2.24, 2.45) is 0 Å². The van der Waals surface area contributed by atoms with Gasteiger partial charge in [0.15, 0.2) is 0 Å². The molecule has 0 amide bonds. The van der Waals surface area contributed by atoms with E-state index in [0.29, 0.717) is 18.8 Å². The third kappa shape index (κ3) is 1.46. The second-order valence-electron chi connectivity index (χ2n) is 3.28. The van der Waals surface area contributed by atoms with E-state index >= 15 is 0 Å². The average molecular weight is 200 g/mol. The van der Waals surface area contributed by atoms with E-state index in [9.17, 15) is 8.78 Å². The molecule has 1 aliphatic heterocycles. The van der Waals surface area contributed by atoms with Gasteiger partial charge in [-0.2, -0.15) is 8.78 Å². The molecule has 1 heterocycles. The van der Waals surface area contributed by atoms with Crippen molar-refractivity contribution in [3.05, 3.63) is 29.3 Å². The SMILES string of the molecule is OCC(F)(F)c1ccc2c(c1)CCO2. The molecule has 1 N–H and O–H groups in total. The molecule has 1 aliphatic rings. The van der Waals surface area contributed by atoms with Gasteiger partial charge in [-0.05, 0) is 23.8 Å². The van der Waals surface area contributed by atoms with E-state index in [1.807, 2.05) is 0 Å². The number of alkyl halides is 2. The number of halogens is 2. The molecule has 0 atom stereocenters. The molecule has 0 spiro atoms. The lowest BCUT2D eigenvalue weighted by atomic mass is 10.0. The lowest BCUT2D eigenvalue weighted by Crippen LogP contribution is -2.18. The van der Waals surface area contributed by atoms with Crippen LogP contribution >= 0.6 is 0 Å². The van der Waals surface area contributed by atoms with Gasteiger partial charge in [-0.3, -0.25) is 0 Å². The average Bonchev–Trinajstić information content (AvgIpc) is 2.64. The number of hydrogen-bond donors (Lipinski definition) is 1. The predicted molar refractivity (Wildman–Crippen MR) is 46.6 cm³/mol. The Hall–Kier alpha value is -1.16. The van der Waals surface area contributed by atoms with Crippen molar-refractivity contribution >= 4 is 0 Å². The first-order valence-electron chi connectivity index (χ1n) is 4.38. The zero-order valence-electron chi connectivity index (χ0n) is 7.46. The number of ether oxygens (including phenoxy) is 1. The lowest BCUT2D eigenvalue weighted by Gasteiger charge is -2.14. The first-order valence-corrected chi connectivity index (χ1v) is 4.38. The topological polar surface area (TPSA) is 29.5 Å². The minimum atomic E-state index is -3.16. The lowest BCUT2D eigenvalue weighted by molar-refractivity contribution is -0.0556. The maximum atomic E-state index is 13.1. The predicted octanol–water partition coefficient (Wildman–Crippen LogP) is 1.71. The summed E-state index contributed by atoms with van der Waals surface area (Å²) in [5, 5.41) is 8.51. The van der Waals surface area contributed by atoms with Crippen LogP contribution in [0.5, 0.6) is 5.75 Å². The van der Waals surface area contributed by atoms with Crippen molar-refractivity contribution in [2.45, 2.75) is 12.3 Å². The fourth-order valence-electron chi connectivity index (χ4n) is 1.51. The molecule has 76 valence electrons. The van der Waals surface area contributed by atoms with E-state index in [1.165, 1.54) is 18.2 Å². The van der Waals surface area contributed by atoms with Crippen LogP contribution in [0.2, 0.25) is 0 Å². The number of hydrogen-bond acceptors (Lipinski definition) is 2. The summed E-state index contributed by atoms with van der Waals surface area (Å²) >= 11 is 0. The smallest absolute Gasteiger partial charge is 0.295 e. The fraction of sp³-hybridized carbons (Fsp3) is 0.400. The van der Waals surface area contributed by atoms with Crippen LogP contribution in [-0.2, 0) is 12.3 Å². The monoisotopic (exact) mass is 200 g/mol. The van der Waals surface area contributed by atoms with Crippen molar-refractivity contribution in [1.82, 2.24) is 0 Å². The van der Waals surface area contributed by atoms with Gasteiger partial charge >= 0.3 is 0 Å². The van der Waals surface area contributed by atoms with Gasteiger partial charge in [-0.1, -0.05) is 0 Å². The molecule has 0 fully saturated rings. The van der Waals surface area contributed by atoms with Crippen LogP contribution in [0.4, 0.5) is 8.78 Å². The van der Waals surface area contributed by atoms with Crippen molar-refractivity contribution in [2.75, 3.05) is 13.2 Å². The number of rotatable bonds is 2. The van der Waals surface area contributed by atoms with Crippen LogP contribution in [0.1, 0.15) is 11.1 Å². The number of aliphatic hydroxyl groups excluding tert-OH is 1. The molecule has 2 nitrogen and oxygen atoms in total. The summed E-state index contributed by atoms with van der Waals surface area (Å²) in [6, 6.07) is 4.22. The van der Waals surface area contributed by atoms with E-state index in [-0.39, 0.29) is 5.56 Å². The maximum Gasteiger partial charge on any atom is 0.295 e. The van der Waals surface area contributed by atoms with Gasteiger partial charge in [0.2, 0.25) is 0 Å². The highest BCUT2D eigenvalue weighted by molar-refractivity contribution is 5.41. The number of benzene rings is 1. The van der Waals surface area contributed by atoms with Crippen LogP contribution in [0, 0.1) is 0 Å². The molecule has 0 aliphatic carbocycles. The highest BCUT2D eigenvalue weighted by Gasteiger charge is 2.31. The Morgan fingerprint density at radius 1 is 1.43 bits per heavy atom. The highest BCUT2D eigenvalue weighted by atomic mass is 19.3. The van der Waals surface area contributed by atoms with Gasteiger partial charge in [-0.25, -0.2) is 0 Å². The Kier molecular flexibility index (Phi) is 2.15. The molecule has 1 aromatic carbocycles. The Morgan fingerprint density at radius 3 is 2.93 bits per heavy atom. The summed E-state index contributed by atoms with van der Waals surface area (Å²) in [5.41, 5.74) is 0.639. The molecule has 0 aromatic heterocycles. The summed E-state index contributed by atoms with van der Waals surface area (Å²) < 4.78 is 31.3. The first kappa shape index (κ1) is 9.40. The summed E-state index contributed by atoms with van der Waals surface area (Å²) in [6.07, 6.45) is 0.657. The molecule has 0 radical (unpaired) electrons. The van der Waals surface area contributed by atoms with E-state index in [2.05, 4.69) is 0 Å². The Labute approximate surface area is 80.1 Å². The minimum Gasteiger partial charge on any atom is -0.493 e. The van der Waals surface area contributed by atoms with Gasteiger partial charge < -0.3 is 9.84 Å². The van der Waals surface area contributed by atoms with Crippen molar-refractivity contribution < 1.29 is 18.6 Å².